The predicted molar refractivity (Wildman–Crippen MR) is 70.4 cm³/mol. The van der Waals surface area contributed by atoms with E-state index in [-0.39, 0.29) is 11.8 Å². The molecule has 0 bridgehead atoms. The Kier molecular flexibility index (Phi) is 3.65. The lowest BCUT2D eigenvalue weighted by molar-refractivity contribution is -0.130. The molecule has 1 heterocycles. The largest absolute Gasteiger partial charge is 0.342 e. The second-order valence-electron chi connectivity index (χ2n) is 4.56. The Bertz CT molecular complexity index is 483. The van der Waals surface area contributed by atoms with E-state index in [1.165, 1.54) is 12.5 Å². The molecule has 1 aromatic rings. The van der Waals surface area contributed by atoms with Crippen molar-refractivity contribution in [2.75, 3.05) is 18.4 Å². The van der Waals surface area contributed by atoms with Crippen LogP contribution in [0.2, 0.25) is 0 Å². The summed E-state index contributed by atoms with van der Waals surface area (Å²) >= 11 is 0. The maximum atomic E-state index is 12.0. The van der Waals surface area contributed by atoms with E-state index < -0.39 is 0 Å². The maximum absolute atomic E-state index is 12.0. The highest BCUT2D eigenvalue weighted by molar-refractivity contribution is 5.89. The van der Waals surface area contributed by atoms with Crippen molar-refractivity contribution < 1.29 is 9.59 Å². The second kappa shape index (κ2) is 5.21. The van der Waals surface area contributed by atoms with E-state index in [0.717, 1.165) is 30.8 Å². The number of carbonyl (C=O) groups excluding carboxylic acids is 2. The topological polar surface area (TPSA) is 49.4 Å². The highest BCUT2D eigenvalue weighted by Gasteiger charge is 2.19. The van der Waals surface area contributed by atoms with Gasteiger partial charge in [0.05, 0.1) is 6.42 Å². The van der Waals surface area contributed by atoms with E-state index >= 15 is 0 Å². The van der Waals surface area contributed by atoms with Gasteiger partial charge in [0.1, 0.15) is 0 Å². The van der Waals surface area contributed by atoms with Crippen LogP contribution in [0.1, 0.15) is 25.0 Å². The molecule has 4 nitrogen and oxygen atoms in total. The van der Waals surface area contributed by atoms with E-state index in [1.54, 1.807) is 0 Å². The maximum Gasteiger partial charge on any atom is 0.227 e. The van der Waals surface area contributed by atoms with Crippen LogP contribution in [0.5, 0.6) is 0 Å². The number of nitrogens with one attached hydrogen (secondary N) is 1. The normalized spacial score (nSPS) is 15.0. The van der Waals surface area contributed by atoms with Gasteiger partial charge in [0.15, 0.2) is 0 Å². The van der Waals surface area contributed by atoms with Gasteiger partial charge in [-0.25, -0.2) is 0 Å². The molecule has 2 rings (SSSR count). The SMILES string of the molecule is CCN1CCc2ccc(NC(C)=O)cc2CC1=O. The Morgan fingerprint density at radius 1 is 1.39 bits per heavy atom. The summed E-state index contributed by atoms with van der Waals surface area (Å²) in [4.78, 5) is 24.9. The summed E-state index contributed by atoms with van der Waals surface area (Å²) in [6.45, 7) is 5.01. The van der Waals surface area contributed by atoms with Gasteiger partial charge in [0, 0.05) is 25.7 Å². The van der Waals surface area contributed by atoms with Gasteiger partial charge < -0.3 is 10.2 Å². The molecule has 0 aromatic heterocycles. The summed E-state index contributed by atoms with van der Waals surface area (Å²) in [7, 11) is 0. The van der Waals surface area contributed by atoms with Crippen molar-refractivity contribution in [1.29, 1.82) is 0 Å². The Balaban J connectivity index is 2.25. The minimum absolute atomic E-state index is 0.0925. The third-order valence-electron chi connectivity index (χ3n) is 3.25. The molecule has 96 valence electrons. The number of hydrogen-bond donors (Lipinski definition) is 1. The quantitative estimate of drug-likeness (QED) is 0.861. The molecular formula is C14H18N2O2. The molecule has 0 unspecified atom stereocenters. The van der Waals surface area contributed by atoms with Crippen LogP contribution in [0.3, 0.4) is 0 Å². The molecule has 0 saturated carbocycles. The molecule has 0 atom stereocenters. The summed E-state index contributed by atoms with van der Waals surface area (Å²) in [5.41, 5.74) is 3.00. The number of rotatable bonds is 2. The molecule has 1 aliphatic heterocycles. The van der Waals surface area contributed by atoms with Crippen LogP contribution in [0.4, 0.5) is 5.69 Å². The number of fused-ring (bicyclic) bond motifs is 1. The lowest BCUT2D eigenvalue weighted by atomic mass is 10.0. The number of hydrogen-bond acceptors (Lipinski definition) is 2. The van der Waals surface area contributed by atoms with Gasteiger partial charge in [-0.2, -0.15) is 0 Å². The summed E-state index contributed by atoms with van der Waals surface area (Å²) < 4.78 is 0. The average molecular weight is 246 g/mol. The highest BCUT2D eigenvalue weighted by atomic mass is 16.2. The first-order valence-electron chi connectivity index (χ1n) is 6.27. The number of carbonyl (C=O) groups is 2. The Morgan fingerprint density at radius 3 is 2.83 bits per heavy atom. The molecule has 2 amide bonds. The van der Waals surface area contributed by atoms with Gasteiger partial charge in [-0.1, -0.05) is 6.07 Å². The third kappa shape index (κ3) is 2.70. The summed E-state index contributed by atoms with van der Waals surface area (Å²) in [5.74, 6) is 0.0707. The lowest BCUT2D eigenvalue weighted by Crippen LogP contribution is -2.31. The zero-order valence-corrected chi connectivity index (χ0v) is 10.8. The van der Waals surface area contributed by atoms with Crippen LogP contribution < -0.4 is 5.32 Å². The Morgan fingerprint density at radius 2 is 2.17 bits per heavy atom. The fraction of sp³-hybridized carbons (Fsp3) is 0.429. The van der Waals surface area contributed by atoms with Crippen molar-refractivity contribution in [2.45, 2.75) is 26.7 Å². The smallest absolute Gasteiger partial charge is 0.227 e. The second-order valence-corrected chi connectivity index (χ2v) is 4.56. The monoisotopic (exact) mass is 246 g/mol. The molecule has 0 saturated heterocycles. The van der Waals surface area contributed by atoms with Gasteiger partial charge in [-0.15, -0.1) is 0 Å². The standard InChI is InChI=1S/C14H18N2O2/c1-3-16-7-6-11-4-5-13(15-10(2)17)8-12(11)9-14(16)18/h4-5,8H,3,6-7,9H2,1-2H3,(H,15,17). The predicted octanol–water partition coefficient (Wildman–Crippen LogP) is 1.59. The van der Waals surface area contributed by atoms with E-state index in [0.29, 0.717) is 6.42 Å². The third-order valence-corrected chi connectivity index (χ3v) is 3.25. The van der Waals surface area contributed by atoms with Gasteiger partial charge in [0.25, 0.3) is 0 Å². The van der Waals surface area contributed by atoms with Crippen molar-refractivity contribution in [3.63, 3.8) is 0 Å². The Labute approximate surface area is 107 Å². The lowest BCUT2D eigenvalue weighted by Gasteiger charge is -2.17. The molecule has 1 aliphatic rings. The zero-order chi connectivity index (χ0) is 13.1. The minimum Gasteiger partial charge on any atom is -0.342 e. The minimum atomic E-state index is -0.0925. The molecule has 1 aromatic carbocycles. The highest BCUT2D eigenvalue weighted by Crippen LogP contribution is 2.21. The van der Waals surface area contributed by atoms with E-state index in [2.05, 4.69) is 5.32 Å². The van der Waals surface area contributed by atoms with E-state index in [1.807, 2.05) is 30.0 Å². The molecule has 0 aliphatic carbocycles. The van der Waals surface area contributed by atoms with Crippen molar-refractivity contribution in [3.8, 4) is 0 Å². The number of anilines is 1. The molecule has 1 N–H and O–H groups in total. The van der Waals surface area contributed by atoms with Gasteiger partial charge in [-0.05, 0) is 36.6 Å². The van der Waals surface area contributed by atoms with Crippen LogP contribution >= 0.6 is 0 Å². The average Bonchev–Trinajstić information content (AvgIpc) is 2.46. The molecule has 0 spiro atoms. The van der Waals surface area contributed by atoms with Gasteiger partial charge in [-0.3, -0.25) is 9.59 Å². The zero-order valence-electron chi connectivity index (χ0n) is 10.8. The molecule has 18 heavy (non-hydrogen) atoms. The first-order chi connectivity index (χ1) is 8.60. The number of nitrogens with zero attached hydrogens (tertiary/aromatic N) is 1. The first kappa shape index (κ1) is 12.6. The molecule has 0 fully saturated rings. The van der Waals surface area contributed by atoms with Crippen LogP contribution in [0.15, 0.2) is 18.2 Å². The van der Waals surface area contributed by atoms with Crippen LogP contribution in [-0.2, 0) is 22.4 Å². The Hall–Kier alpha value is -1.84. The van der Waals surface area contributed by atoms with E-state index in [4.69, 9.17) is 0 Å². The summed E-state index contributed by atoms with van der Waals surface area (Å²) in [6.07, 6.45) is 1.31. The van der Waals surface area contributed by atoms with Gasteiger partial charge in [0.2, 0.25) is 11.8 Å². The van der Waals surface area contributed by atoms with Crippen molar-refractivity contribution >= 4 is 17.5 Å². The fourth-order valence-corrected chi connectivity index (χ4v) is 2.30. The number of amides is 2. The summed E-state index contributed by atoms with van der Waals surface area (Å²) in [5, 5.41) is 2.75. The fourth-order valence-electron chi connectivity index (χ4n) is 2.30. The first-order valence-corrected chi connectivity index (χ1v) is 6.27. The van der Waals surface area contributed by atoms with Crippen molar-refractivity contribution in [3.05, 3.63) is 29.3 Å². The summed E-state index contributed by atoms with van der Waals surface area (Å²) in [6, 6.07) is 5.81. The molecular weight excluding hydrogens is 228 g/mol. The molecule has 4 heteroatoms. The van der Waals surface area contributed by atoms with Gasteiger partial charge >= 0.3 is 0 Å². The number of benzene rings is 1. The molecule has 0 radical (unpaired) electrons. The van der Waals surface area contributed by atoms with Crippen molar-refractivity contribution in [2.24, 2.45) is 0 Å². The van der Waals surface area contributed by atoms with Crippen LogP contribution in [0, 0.1) is 0 Å². The van der Waals surface area contributed by atoms with Crippen LogP contribution in [-0.4, -0.2) is 29.8 Å². The van der Waals surface area contributed by atoms with Crippen LogP contribution in [0.25, 0.3) is 0 Å². The van der Waals surface area contributed by atoms with E-state index in [9.17, 15) is 9.59 Å². The van der Waals surface area contributed by atoms with Crippen molar-refractivity contribution in [1.82, 2.24) is 4.90 Å². The number of likely N-dealkylation sites (N-methyl/N-ethyl adjacent to an activating group) is 1.